The van der Waals surface area contributed by atoms with Gasteiger partial charge in [0.2, 0.25) is 0 Å². The van der Waals surface area contributed by atoms with Crippen LogP contribution in [0.2, 0.25) is 0 Å². The fourth-order valence-corrected chi connectivity index (χ4v) is 2.86. The number of carbonyl (C=O) groups excluding carboxylic acids is 2. The highest BCUT2D eigenvalue weighted by Crippen LogP contribution is 2.23. The summed E-state index contributed by atoms with van der Waals surface area (Å²) >= 11 is 0. The van der Waals surface area contributed by atoms with Crippen molar-refractivity contribution in [3.05, 3.63) is 35.9 Å². The van der Waals surface area contributed by atoms with E-state index < -0.39 is 11.8 Å². The van der Waals surface area contributed by atoms with Crippen molar-refractivity contribution in [3.8, 4) is 0 Å². The summed E-state index contributed by atoms with van der Waals surface area (Å²) in [6, 6.07) is 9.83. The van der Waals surface area contributed by atoms with Gasteiger partial charge in [0.1, 0.15) is 0 Å². The predicted octanol–water partition coefficient (Wildman–Crippen LogP) is 2.34. The van der Waals surface area contributed by atoms with Crippen LogP contribution in [0.15, 0.2) is 30.3 Å². The van der Waals surface area contributed by atoms with Crippen molar-refractivity contribution in [2.24, 2.45) is 5.92 Å². The van der Waals surface area contributed by atoms with Crippen LogP contribution >= 0.6 is 0 Å². The average molecular weight is 288 g/mol. The number of likely N-dealkylation sites (N-methyl/N-ethyl adjacent to an activating group) is 1. The summed E-state index contributed by atoms with van der Waals surface area (Å²) in [7, 11) is 1.67. The number of hydrogen-bond donors (Lipinski definition) is 1. The van der Waals surface area contributed by atoms with E-state index in [0.717, 1.165) is 24.8 Å². The molecular formula is C17H24N2O2. The SMILES string of the molecule is CC1CCCCC1NC(=O)C(=O)N(C)Cc1ccccc1. The molecule has 0 aromatic heterocycles. The van der Waals surface area contributed by atoms with E-state index >= 15 is 0 Å². The van der Waals surface area contributed by atoms with Gasteiger partial charge in [-0.1, -0.05) is 50.1 Å². The third kappa shape index (κ3) is 4.31. The lowest BCUT2D eigenvalue weighted by Crippen LogP contribution is -2.48. The standard InChI is InChI=1S/C17H24N2O2/c1-13-8-6-7-11-15(13)18-16(20)17(21)19(2)12-14-9-4-3-5-10-14/h3-5,9-10,13,15H,6-8,11-12H2,1-2H3,(H,18,20). The molecule has 0 saturated heterocycles. The van der Waals surface area contributed by atoms with Gasteiger partial charge < -0.3 is 10.2 Å². The average Bonchev–Trinajstić information content (AvgIpc) is 2.49. The van der Waals surface area contributed by atoms with Gasteiger partial charge in [-0.3, -0.25) is 9.59 Å². The minimum absolute atomic E-state index is 0.139. The van der Waals surface area contributed by atoms with E-state index in [9.17, 15) is 9.59 Å². The first-order chi connectivity index (χ1) is 10.1. The number of hydrogen-bond acceptors (Lipinski definition) is 2. The molecule has 1 N–H and O–H groups in total. The van der Waals surface area contributed by atoms with E-state index in [2.05, 4.69) is 12.2 Å². The van der Waals surface area contributed by atoms with E-state index in [0.29, 0.717) is 12.5 Å². The van der Waals surface area contributed by atoms with Gasteiger partial charge in [0.05, 0.1) is 0 Å². The Hall–Kier alpha value is -1.84. The number of nitrogens with one attached hydrogen (secondary N) is 1. The van der Waals surface area contributed by atoms with Crippen LogP contribution in [0.4, 0.5) is 0 Å². The van der Waals surface area contributed by atoms with Crippen molar-refractivity contribution in [1.29, 1.82) is 0 Å². The summed E-state index contributed by atoms with van der Waals surface area (Å²) in [6.45, 7) is 2.59. The molecule has 4 nitrogen and oxygen atoms in total. The van der Waals surface area contributed by atoms with Crippen LogP contribution in [0.1, 0.15) is 38.2 Å². The molecule has 2 unspecified atom stereocenters. The Labute approximate surface area is 126 Å². The van der Waals surface area contributed by atoms with Gasteiger partial charge in [0.15, 0.2) is 0 Å². The highest BCUT2D eigenvalue weighted by atomic mass is 16.2. The van der Waals surface area contributed by atoms with Gasteiger partial charge in [-0.25, -0.2) is 0 Å². The molecule has 1 aliphatic rings. The van der Waals surface area contributed by atoms with Gasteiger partial charge in [-0.05, 0) is 24.3 Å². The molecule has 1 saturated carbocycles. The number of rotatable bonds is 3. The molecule has 2 atom stereocenters. The Morgan fingerprint density at radius 3 is 2.52 bits per heavy atom. The number of carbonyl (C=O) groups is 2. The normalized spacial score (nSPS) is 21.6. The third-order valence-corrected chi connectivity index (χ3v) is 4.23. The van der Waals surface area contributed by atoms with Crippen LogP contribution < -0.4 is 5.32 Å². The molecule has 0 heterocycles. The molecule has 2 amide bonds. The Morgan fingerprint density at radius 2 is 1.86 bits per heavy atom. The minimum Gasteiger partial charge on any atom is -0.345 e. The van der Waals surface area contributed by atoms with Crippen molar-refractivity contribution in [1.82, 2.24) is 10.2 Å². The highest BCUT2D eigenvalue weighted by Gasteiger charge is 2.26. The van der Waals surface area contributed by atoms with Crippen molar-refractivity contribution in [3.63, 3.8) is 0 Å². The zero-order chi connectivity index (χ0) is 15.2. The van der Waals surface area contributed by atoms with Crippen molar-refractivity contribution in [2.75, 3.05) is 7.05 Å². The second-order valence-electron chi connectivity index (χ2n) is 5.99. The van der Waals surface area contributed by atoms with Crippen molar-refractivity contribution >= 4 is 11.8 Å². The Morgan fingerprint density at radius 1 is 1.19 bits per heavy atom. The molecule has 1 aromatic rings. The van der Waals surface area contributed by atoms with Gasteiger partial charge in [0.25, 0.3) is 0 Å². The predicted molar refractivity (Wildman–Crippen MR) is 82.5 cm³/mol. The Bertz CT molecular complexity index is 487. The number of amides is 2. The van der Waals surface area contributed by atoms with E-state index in [1.165, 1.54) is 11.3 Å². The van der Waals surface area contributed by atoms with Crippen LogP contribution in [0.25, 0.3) is 0 Å². The van der Waals surface area contributed by atoms with Gasteiger partial charge in [-0.15, -0.1) is 0 Å². The maximum absolute atomic E-state index is 12.1. The van der Waals surface area contributed by atoms with Crippen molar-refractivity contribution < 1.29 is 9.59 Å². The first-order valence-electron chi connectivity index (χ1n) is 7.68. The molecule has 0 radical (unpaired) electrons. The molecule has 2 rings (SSSR count). The zero-order valence-electron chi connectivity index (χ0n) is 12.8. The number of nitrogens with zero attached hydrogens (tertiary/aromatic N) is 1. The smallest absolute Gasteiger partial charge is 0.311 e. The summed E-state index contributed by atoms with van der Waals surface area (Å²) in [5.41, 5.74) is 1.02. The molecule has 0 bridgehead atoms. The summed E-state index contributed by atoms with van der Waals surface area (Å²) in [5, 5.41) is 2.90. The lowest BCUT2D eigenvalue weighted by atomic mass is 9.86. The quantitative estimate of drug-likeness (QED) is 0.868. The van der Waals surface area contributed by atoms with Crippen LogP contribution in [-0.4, -0.2) is 29.8 Å². The van der Waals surface area contributed by atoms with Crippen LogP contribution in [0.5, 0.6) is 0 Å². The van der Waals surface area contributed by atoms with Gasteiger partial charge in [-0.2, -0.15) is 0 Å². The van der Waals surface area contributed by atoms with Crippen LogP contribution in [0, 0.1) is 5.92 Å². The molecule has 0 aliphatic heterocycles. The zero-order valence-corrected chi connectivity index (χ0v) is 12.8. The lowest BCUT2D eigenvalue weighted by molar-refractivity contribution is -0.146. The molecule has 0 spiro atoms. The molecule has 4 heteroatoms. The molecular weight excluding hydrogens is 264 g/mol. The molecule has 21 heavy (non-hydrogen) atoms. The maximum atomic E-state index is 12.1. The maximum Gasteiger partial charge on any atom is 0.311 e. The van der Waals surface area contributed by atoms with E-state index in [1.807, 2.05) is 30.3 Å². The molecule has 1 aromatic carbocycles. The largest absolute Gasteiger partial charge is 0.345 e. The van der Waals surface area contributed by atoms with Crippen LogP contribution in [-0.2, 0) is 16.1 Å². The van der Waals surface area contributed by atoms with Gasteiger partial charge >= 0.3 is 11.8 Å². The topological polar surface area (TPSA) is 49.4 Å². The second-order valence-corrected chi connectivity index (χ2v) is 5.99. The van der Waals surface area contributed by atoms with E-state index in [-0.39, 0.29) is 6.04 Å². The molecule has 114 valence electrons. The van der Waals surface area contributed by atoms with Crippen molar-refractivity contribution in [2.45, 2.75) is 45.2 Å². The monoisotopic (exact) mass is 288 g/mol. The molecule has 1 aliphatic carbocycles. The highest BCUT2D eigenvalue weighted by molar-refractivity contribution is 6.34. The van der Waals surface area contributed by atoms with Gasteiger partial charge in [0, 0.05) is 19.6 Å². The minimum atomic E-state index is -0.479. The Balaban J connectivity index is 1.88. The number of benzene rings is 1. The Kier molecular flexibility index (Phi) is 5.37. The van der Waals surface area contributed by atoms with E-state index in [4.69, 9.17) is 0 Å². The summed E-state index contributed by atoms with van der Waals surface area (Å²) in [6.07, 6.45) is 4.44. The fraction of sp³-hybridized carbons (Fsp3) is 0.529. The first-order valence-corrected chi connectivity index (χ1v) is 7.68. The van der Waals surface area contributed by atoms with E-state index in [1.54, 1.807) is 7.05 Å². The lowest BCUT2D eigenvalue weighted by Gasteiger charge is -2.29. The summed E-state index contributed by atoms with van der Waals surface area (Å²) in [4.78, 5) is 25.7. The third-order valence-electron chi connectivity index (χ3n) is 4.23. The summed E-state index contributed by atoms with van der Waals surface area (Å²) < 4.78 is 0. The fourth-order valence-electron chi connectivity index (χ4n) is 2.86. The molecule has 1 fully saturated rings. The second kappa shape index (κ2) is 7.25. The van der Waals surface area contributed by atoms with Crippen LogP contribution in [0.3, 0.4) is 0 Å². The first kappa shape index (κ1) is 15.5. The summed E-state index contributed by atoms with van der Waals surface area (Å²) in [5.74, 6) is -0.487.